The van der Waals surface area contributed by atoms with Gasteiger partial charge in [0.1, 0.15) is 0 Å². The van der Waals surface area contributed by atoms with E-state index >= 15 is 0 Å². The van der Waals surface area contributed by atoms with Gasteiger partial charge in [0.25, 0.3) is 0 Å². The summed E-state index contributed by atoms with van der Waals surface area (Å²) >= 11 is 5.76. The van der Waals surface area contributed by atoms with Crippen LogP contribution in [0.15, 0.2) is 0 Å². The summed E-state index contributed by atoms with van der Waals surface area (Å²) < 4.78 is 0. The number of nitrogens with zero attached hydrogens (tertiary/aromatic N) is 1. The molecule has 3 rings (SSSR count). The van der Waals surface area contributed by atoms with Gasteiger partial charge in [-0.1, -0.05) is 38.5 Å². The topological polar surface area (TPSA) is 15.3 Å². The van der Waals surface area contributed by atoms with Gasteiger partial charge in [-0.05, 0) is 56.7 Å². The summed E-state index contributed by atoms with van der Waals surface area (Å²) in [5, 5.41) is 4.76. The van der Waals surface area contributed by atoms with Crippen LogP contribution in [0.3, 0.4) is 0 Å². The fourth-order valence-electron chi connectivity index (χ4n) is 3.94. The molecular weight excluding hydrogens is 264 g/mol. The Morgan fingerprint density at radius 1 is 0.850 bits per heavy atom. The minimum atomic E-state index is 0.656. The zero-order chi connectivity index (χ0) is 13.8. The average molecular weight is 295 g/mol. The maximum Gasteiger partial charge on any atom is 0.169 e. The molecule has 114 valence electrons. The summed E-state index contributed by atoms with van der Waals surface area (Å²) in [6.45, 7) is 1.23. The lowest BCUT2D eigenvalue weighted by Gasteiger charge is -2.34. The van der Waals surface area contributed by atoms with Crippen LogP contribution >= 0.6 is 12.2 Å². The predicted molar refractivity (Wildman–Crippen MR) is 88.9 cm³/mol. The highest BCUT2D eigenvalue weighted by Crippen LogP contribution is 2.31. The summed E-state index contributed by atoms with van der Waals surface area (Å²) in [7, 11) is 0. The molecule has 0 spiro atoms. The summed E-state index contributed by atoms with van der Waals surface area (Å²) in [6, 6.07) is 1.42. The van der Waals surface area contributed by atoms with Crippen molar-refractivity contribution in [1.29, 1.82) is 0 Å². The number of nitrogens with one attached hydrogen (secondary N) is 1. The number of rotatable bonds is 4. The molecule has 0 atom stereocenters. The Bertz CT molecular complexity index is 315. The number of hydrogen-bond acceptors (Lipinski definition) is 1. The van der Waals surface area contributed by atoms with E-state index in [4.69, 9.17) is 12.2 Å². The van der Waals surface area contributed by atoms with Gasteiger partial charge in [0, 0.05) is 18.6 Å². The van der Waals surface area contributed by atoms with Crippen molar-refractivity contribution in [2.24, 2.45) is 5.92 Å². The summed E-state index contributed by atoms with van der Waals surface area (Å²) in [4.78, 5) is 2.56. The molecule has 3 saturated carbocycles. The van der Waals surface area contributed by atoms with Crippen LogP contribution in [0.5, 0.6) is 0 Å². The largest absolute Gasteiger partial charge is 0.360 e. The van der Waals surface area contributed by atoms with Crippen LogP contribution < -0.4 is 5.32 Å². The predicted octanol–water partition coefficient (Wildman–Crippen LogP) is 4.24. The van der Waals surface area contributed by atoms with Crippen molar-refractivity contribution in [3.8, 4) is 0 Å². The van der Waals surface area contributed by atoms with Crippen molar-refractivity contribution in [1.82, 2.24) is 10.2 Å². The van der Waals surface area contributed by atoms with Crippen LogP contribution in [0.4, 0.5) is 0 Å². The van der Waals surface area contributed by atoms with Gasteiger partial charge in [0.15, 0.2) is 5.11 Å². The summed E-state index contributed by atoms with van der Waals surface area (Å²) in [6.07, 6.45) is 16.7. The molecule has 0 aromatic rings. The molecule has 1 N–H and O–H groups in total. The first-order chi connectivity index (χ1) is 9.83. The second kappa shape index (κ2) is 7.11. The second-order valence-electron chi connectivity index (χ2n) is 7.17. The molecule has 3 aliphatic carbocycles. The molecule has 20 heavy (non-hydrogen) atoms. The summed E-state index contributed by atoms with van der Waals surface area (Å²) in [5.41, 5.74) is 0. The van der Waals surface area contributed by atoms with E-state index < -0.39 is 0 Å². The maximum absolute atomic E-state index is 5.76. The van der Waals surface area contributed by atoms with Crippen molar-refractivity contribution in [2.75, 3.05) is 6.54 Å². The Morgan fingerprint density at radius 2 is 1.45 bits per heavy atom. The van der Waals surface area contributed by atoms with E-state index in [0.717, 1.165) is 17.1 Å². The molecule has 0 unspecified atom stereocenters. The lowest BCUT2D eigenvalue weighted by atomic mass is 9.89. The van der Waals surface area contributed by atoms with E-state index in [1.165, 1.54) is 83.6 Å². The SMILES string of the molecule is S=C(NC1CCCCC1)N(CC1CCCCC1)C1CC1. The third kappa shape index (κ3) is 4.09. The van der Waals surface area contributed by atoms with Crippen molar-refractivity contribution in [3.05, 3.63) is 0 Å². The van der Waals surface area contributed by atoms with Gasteiger partial charge in [-0.15, -0.1) is 0 Å². The van der Waals surface area contributed by atoms with Crippen LogP contribution in [0.2, 0.25) is 0 Å². The molecule has 0 bridgehead atoms. The van der Waals surface area contributed by atoms with Gasteiger partial charge < -0.3 is 10.2 Å². The zero-order valence-corrected chi connectivity index (χ0v) is 13.6. The highest BCUT2D eigenvalue weighted by molar-refractivity contribution is 7.80. The zero-order valence-electron chi connectivity index (χ0n) is 12.8. The molecule has 3 aliphatic rings. The Labute approximate surface area is 129 Å². The van der Waals surface area contributed by atoms with E-state index in [1.807, 2.05) is 0 Å². The van der Waals surface area contributed by atoms with E-state index in [1.54, 1.807) is 0 Å². The molecule has 3 fully saturated rings. The fraction of sp³-hybridized carbons (Fsp3) is 0.941. The molecule has 3 heteroatoms. The van der Waals surface area contributed by atoms with Gasteiger partial charge in [0.2, 0.25) is 0 Å². The summed E-state index contributed by atoms with van der Waals surface area (Å²) in [5.74, 6) is 0.899. The first-order valence-electron chi connectivity index (χ1n) is 8.90. The molecule has 0 radical (unpaired) electrons. The van der Waals surface area contributed by atoms with Gasteiger partial charge >= 0.3 is 0 Å². The molecule has 0 aromatic carbocycles. The fourth-order valence-corrected chi connectivity index (χ4v) is 4.33. The van der Waals surface area contributed by atoms with Crippen molar-refractivity contribution in [3.63, 3.8) is 0 Å². The Balaban J connectivity index is 1.51. The Kier molecular flexibility index (Phi) is 5.19. The standard InChI is InChI=1S/C17H30N2S/c20-17(18-15-9-5-2-6-10-15)19(16-11-12-16)13-14-7-3-1-4-8-14/h14-16H,1-13H2,(H,18,20). The van der Waals surface area contributed by atoms with E-state index in [0.29, 0.717) is 6.04 Å². The van der Waals surface area contributed by atoms with Crippen LogP contribution in [0, 0.1) is 5.92 Å². The lowest BCUT2D eigenvalue weighted by Crippen LogP contribution is -2.48. The highest BCUT2D eigenvalue weighted by Gasteiger charge is 2.33. The maximum atomic E-state index is 5.76. The van der Waals surface area contributed by atoms with Crippen molar-refractivity contribution in [2.45, 2.75) is 89.1 Å². The van der Waals surface area contributed by atoms with E-state index in [2.05, 4.69) is 10.2 Å². The first kappa shape index (κ1) is 14.6. The smallest absolute Gasteiger partial charge is 0.169 e. The molecule has 0 heterocycles. The Morgan fingerprint density at radius 3 is 2.05 bits per heavy atom. The average Bonchev–Trinajstić information content (AvgIpc) is 3.31. The van der Waals surface area contributed by atoms with Gasteiger partial charge in [-0.3, -0.25) is 0 Å². The van der Waals surface area contributed by atoms with E-state index in [9.17, 15) is 0 Å². The minimum Gasteiger partial charge on any atom is -0.360 e. The minimum absolute atomic E-state index is 0.656. The second-order valence-corrected chi connectivity index (χ2v) is 7.56. The normalized spacial score (nSPS) is 25.4. The quantitative estimate of drug-likeness (QED) is 0.781. The number of thiocarbonyl (C=S) groups is 1. The van der Waals surface area contributed by atoms with E-state index in [-0.39, 0.29) is 0 Å². The van der Waals surface area contributed by atoms with Gasteiger partial charge in [-0.2, -0.15) is 0 Å². The lowest BCUT2D eigenvalue weighted by molar-refractivity contribution is 0.262. The Hall–Kier alpha value is -0.310. The monoisotopic (exact) mass is 294 g/mol. The van der Waals surface area contributed by atoms with Gasteiger partial charge in [-0.25, -0.2) is 0 Å². The molecule has 0 amide bonds. The van der Waals surface area contributed by atoms with Crippen LogP contribution in [0.1, 0.15) is 77.0 Å². The molecule has 0 aliphatic heterocycles. The highest BCUT2D eigenvalue weighted by atomic mass is 32.1. The number of hydrogen-bond donors (Lipinski definition) is 1. The van der Waals surface area contributed by atoms with Gasteiger partial charge in [0.05, 0.1) is 0 Å². The third-order valence-electron chi connectivity index (χ3n) is 5.36. The molecule has 0 saturated heterocycles. The molecule has 2 nitrogen and oxygen atoms in total. The molecule has 0 aromatic heterocycles. The van der Waals surface area contributed by atoms with Crippen LogP contribution in [-0.2, 0) is 0 Å². The first-order valence-corrected chi connectivity index (χ1v) is 9.31. The third-order valence-corrected chi connectivity index (χ3v) is 5.71. The van der Waals surface area contributed by atoms with Crippen molar-refractivity contribution >= 4 is 17.3 Å². The molecular formula is C17H30N2S. The van der Waals surface area contributed by atoms with Crippen LogP contribution in [0.25, 0.3) is 0 Å². The van der Waals surface area contributed by atoms with Crippen LogP contribution in [-0.4, -0.2) is 28.6 Å². The van der Waals surface area contributed by atoms with Crippen molar-refractivity contribution < 1.29 is 0 Å².